The van der Waals surface area contributed by atoms with Crippen molar-refractivity contribution in [2.75, 3.05) is 5.75 Å². The number of rotatable bonds is 5. The Morgan fingerprint density at radius 2 is 1.57 bits per heavy atom. The Balaban J connectivity index is 1.34. The number of Topliss-reactive ketones (excluding diaryl/α,β-unsaturated/α-hetero) is 1. The van der Waals surface area contributed by atoms with Crippen molar-refractivity contribution in [3.63, 3.8) is 0 Å². The summed E-state index contributed by atoms with van der Waals surface area (Å²) in [6.45, 7) is 0. The molecule has 0 atom stereocenters. The number of hydrogen-bond acceptors (Lipinski definition) is 5. The summed E-state index contributed by atoms with van der Waals surface area (Å²) in [5.74, 6) is 0.413. The average Bonchev–Trinajstić information content (AvgIpc) is 3.32. The van der Waals surface area contributed by atoms with E-state index < -0.39 is 0 Å². The molecule has 0 aliphatic carbocycles. The van der Waals surface area contributed by atoms with E-state index in [9.17, 15) is 4.79 Å². The Labute approximate surface area is 169 Å². The third-order valence-electron chi connectivity index (χ3n) is 4.56. The third-order valence-corrected chi connectivity index (χ3v) is 6.50. The molecule has 5 aromatic rings. The standard InChI is InChI=1S/C22H15N3OS2/c26-19(17-12-10-16(11-13-17)15-6-2-1-3-7-15)14-27-21-23-24-22-25(21)18-8-4-5-9-20(18)28-22/h1-13H,14H2. The summed E-state index contributed by atoms with van der Waals surface area (Å²) in [6.07, 6.45) is 0. The van der Waals surface area contributed by atoms with Crippen molar-refractivity contribution in [1.82, 2.24) is 14.6 Å². The predicted molar refractivity (Wildman–Crippen MR) is 115 cm³/mol. The molecular formula is C22H15N3OS2. The lowest BCUT2D eigenvalue weighted by Crippen LogP contribution is -2.03. The van der Waals surface area contributed by atoms with Gasteiger partial charge in [-0.05, 0) is 23.3 Å². The number of fused-ring (bicyclic) bond motifs is 3. The SMILES string of the molecule is O=C(CSc1nnc2sc3ccccc3n12)c1ccc(-c2ccccc2)cc1. The number of ketones is 1. The fourth-order valence-corrected chi connectivity index (χ4v) is 5.00. The van der Waals surface area contributed by atoms with Gasteiger partial charge in [-0.25, -0.2) is 0 Å². The normalized spacial score (nSPS) is 11.3. The van der Waals surface area contributed by atoms with Gasteiger partial charge in [0.05, 0.1) is 16.0 Å². The van der Waals surface area contributed by atoms with E-state index in [2.05, 4.69) is 34.5 Å². The van der Waals surface area contributed by atoms with Gasteiger partial charge >= 0.3 is 0 Å². The number of para-hydroxylation sites is 1. The molecule has 4 nitrogen and oxygen atoms in total. The van der Waals surface area contributed by atoms with Crippen LogP contribution in [0.15, 0.2) is 84.0 Å². The zero-order valence-corrected chi connectivity index (χ0v) is 16.4. The van der Waals surface area contributed by atoms with Crippen LogP contribution in [0.3, 0.4) is 0 Å². The van der Waals surface area contributed by atoms with Crippen LogP contribution in [0.2, 0.25) is 0 Å². The van der Waals surface area contributed by atoms with Crippen LogP contribution in [-0.4, -0.2) is 26.1 Å². The van der Waals surface area contributed by atoms with Gasteiger partial charge in [0.2, 0.25) is 4.96 Å². The molecule has 5 rings (SSSR count). The summed E-state index contributed by atoms with van der Waals surface area (Å²) in [5.41, 5.74) is 4.04. The number of carbonyl (C=O) groups is 1. The lowest BCUT2D eigenvalue weighted by molar-refractivity contribution is 0.102. The molecule has 0 saturated carbocycles. The number of thiazole rings is 1. The van der Waals surface area contributed by atoms with Crippen LogP contribution in [0.4, 0.5) is 0 Å². The van der Waals surface area contributed by atoms with Gasteiger partial charge in [-0.15, -0.1) is 10.2 Å². The van der Waals surface area contributed by atoms with Crippen LogP contribution >= 0.6 is 23.1 Å². The minimum Gasteiger partial charge on any atom is -0.293 e. The monoisotopic (exact) mass is 401 g/mol. The molecule has 0 radical (unpaired) electrons. The number of nitrogens with zero attached hydrogens (tertiary/aromatic N) is 3. The smallest absolute Gasteiger partial charge is 0.217 e. The molecule has 0 bridgehead atoms. The van der Waals surface area contributed by atoms with Crippen molar-refractivity contribution in [1.29, 1.82) is 0 Å². The second-order valence-electron chi connectivity index (χ2n) is 6.33. The first-order valence-corrected chi connectivity index (χ1v) is 10.6. The molecular weight excluding hydrogens is 386 g/mol. The minimum absolute atomic E-state index is 0.0842. The largest absolute Gasteiger partial charge is 0.293 e. The topological polar surface area (TPSA) is 47.3 Å². The first kappa shape index (κ1) is 17.2. The third kappa shape index (κ3) is 3.10. The molecule has 0 amide bonds. The summed E-state index contributed by atoms with van der Waals surface area (Å²) in [5, 5.41) is 9.26. The maximum Gasteiger partial charge on any atom is 0.217 e. The van der Waals surface area contributed by atoms with Crippen molar-refractivity contribution < 1.29 is 4.79 Å². The number of hydrogen-bond donors (Lipinski definition) is 0. The summed E-state index contributed by atoms with van der Waals surface area (Å²) in [6, 6.07) is 26.1. The van der Waals surface area contributed by atoms with E-state index in [0.717, 1.165) is 31.5 Å². The fraction of sp³-hybridized carbons (Fsp3) is 0.0455. The Hall–Kier alpha value is -2.96. The molecule has 2 heterocycles. The van der Waals surface area contributed by atoms with Crippen LogP contribution in [-0.2, 0) is 0 Å². The Morgan fingerprint density at radius 1 is 0.857 bits per heavy atom. The zero-order valence-electron chi connectivity index (χ0n) is 14.8. The van der Waals surface area contributed by atoms with E-state index in [0.29, 0.717) is 11.3 Å². The summed E-state index contributed by atoms with van der Waals surface area (Å²) in [4.78, 5) is 13.5. The van der Waals surface area contributed by atoms with Gasteiger partial charge in [0.25, 0.3) is 0 Å². The van der Waals surface area contributed by atoms with E-state index in [1.54, 1.807) is 11.3 Å². The van der Waals surface area contributed by atoms with E-state index in [-0.39, 0.29) is 5.78 Å². The van der Waals surface area contributed by atoms with Crippen molar-refractivity contribution in [3.8, 4) is 11.1 Å². The van der Waals surface area contributed by atoms with Crippen LogP contribution in [0.5, 0.6) is 0 Å². The van der Waals surface area contributed by atoms with Crippen molar-refractivity contribution in [2.45, 2.75) is 5.16 Å². The minimum atomic E-state index is 0.0842. The molecule has 0 unspecified atom stereocenters. The highest BCUT2D eigenvalue weighted by Crippen LogP contribution is 2.29. The van der Waals surface area contributed by atoms with Crippen LogP contribution < -0.4 is 0 Å². The van der Waals surface area contributed by atoms with Gasteiger partial charge in [0.15, 0.2) is 10.9 Å². The predicted octanol–water partition coefficient (Wildman–Crippen LogP) is 5.59. The highest BCUT2D eigenvalue weighted by molar-refractivity contribution is 7.99. The molecule has 136 valence electrons. The maximum atomic E-state index is 12.6. The van der Waals surface area contributed by atoms with E-state index >= 15 is 0 Å². The quantitative estimate of drug-likeness (QED) is 0.285. The number of thioether (sulfide) groups is 1. The van der Waals surface area contributed by atoms with Crippen molar-refractivity contribution >= 4 is 44.1 Å². The number of carbonyl (C=O) groups excluding carboxylic acids is 1. The van der Waals surface area contributed by atoms with Crippen molar-refractivity contribution in [2.24, 2.45) is 0 Å². The van der Waals surface area contributed by atoms with Gasteiger partial charge < -0.3 is 0 Å². The zero-order chi connectivity index (χ0) is 18.9. The summed E-state index contributed by atoms with van der Waals surface area (Å²) < 4.78 is 3.19. The molecule has 0 spiro atoms. The summed E-state index contributed by atoms with van der Waals surface area (Å²) >= 11 is 3.03. The molecule has 0 N–H and O–H groups in total. The van der Waals surface area contributed by atoms with Crippen molar-refractivity contribution in [3.05, 3.63) is 84.4 Å². The molecule has 6 heteroatoms. The van der Waals surface area contributed by atoms with E-state index in [4.69, 9.17) is 0 Å². The van der Waals surface area contributed by atoms with Gasteiger partial charge in [-0.3, -0.25) is 9.20 Å². The van der Waals surface area contributed by atoms with Gasteiger partial charge in [-0.1, -0.05) is 89.8 Å². The first-order valence-electron chi connectivity index (χ1n) is 8.84. The second kappa shape index (κ2) is 7.22. The molecule has 0 aliphatic rings. The number of benzene rings is 3. The van der Waals surface area contributed by atoms with Crippen LogP contribution in [0.25, 0.3) is 26.3 Å². The maximum absolute atomic E-state index is 12.6. The lowest BCUT2D eigenvalue weighted by Gasteiger charge is -2.04. The highest BCUT2D eigenvalue weighted by atomic mass is 32.2. The number of aromatic nitrogens is 3. The molecule has 0 saturated heterocycles. The fourth-order valence-electron chi connectivity index (χ4n) is 3.14. The average molecular weight is 402 g/mol. The van der Waals surface area contributed by atoms with Gasteiger partial charge in [0, 0.05) is 5.56 Å². The van der Waals surface area contributed by atoms with E-state index in [1.165, 1.54) is 11.8 Å². The van der Waals surface area contributed by atoms with Crippen LogP contribution in [0.1, 0.15) is 10.4 Å². The van der Waals surface area contributed by atoms with E-state index in [1.807, 2.05) is 59.0 Å². The van der Waals surface area contributed by atoms with Gasteiger partial charge in [-0.2, -0.15) is 0 Å². The van der Waals surface area contributed by atoms with Crippen LogP contribution in [0, 0.1) is 0 Å². The van der Waals surface area contributed by atoms with Gasteiger partial charge in [0.1, 0.15) is 0 Å². The molecule has 28 heavy (non-hydrogen) atoms. The summed E-state index contributed by atoms with van der Waals surface area (Å²) in [7, 11) is 0. The Kier molecular flexibility index (Phi) is 4.43. The molecule has 0 fully saturated rings. The molecule has 3 aromatic carbocycles. The molecule has 2 aromatic heterocycles. The first-order chi connectivity index (χ1) is 13.8. The Bertz CT molecular complexity index is 1270. The second-order valence-corrected chi connectivity index (χ2v) is 8.28. The molecule has 0 aliphatic heterocycles. The highest BCUT2D eigenvalue weighted by Gasteiger charge is 2.14. The Morgan fingerprint density at radius 3 is 2.39 bits per heavy atom. The lowest BCUT2D eigenvalue weighted by atomic mass is 10.0.